The van der Waals surface area contributed by atoms with Gasteiger partial charge in [-0.25, -0.2) is 13.1 Å². The highest BCUT2D eigenvalue weighted by Gasteiger charge is 2.33. The molecule has 1 saturated heterocycles. The van der Waals surface area contributed by atoms with Crippen molar-refractivity contribution < 1.29 is 13.2 Å². The van der Waals surface area contributed by atoms with Crippen LogP contribution in [0.1, 0.15) is 33.9 Å². The zero-order valence-electron chi connectivity index (χ0n) is 17.3. The van der Waals surface area contributed by atoms with Crippen LogP contribution in [-0.4, -0.2) is 35.6 Å². The van der Waals surface area contributed by atoms with Crippen LogP contribution in [-0.2, 0) is 9.84 Å². The average molecular weight is 457 g/mol. The fourth-order valence-corrected chi connectivity index (χ4v) is 6.04. The van der Waals surface area contributed by atoms with Crippen LogP contribution >= 0.6 is 11.8 Å². The number of aryl methyl sites for hydroxylation is 2. The quantitative estimate of drug-likeness (QED) is 0.604. The first-order valence-electron chi connectivity index (χ1n) is 9.93. The van der Waals surface area contributed by atoms with Gasteiger partial charge in [0.2, 0.25) is 0 Å². The molecule has 1 aliphatic heterocycles. The molecule has 0 aliphatic carbocycles. The zero-order chi connectivity index (χ0) is 22.2. The number of carbonyl (C=O) groups excluding carboxylic acids is 1. The van der Waals surface area contributed by atoms with E-state index in [9.17, 15) is 13.2 Å². The molecule has 3 aromatic rings. The van der Waals surface area contributed by atoms with E-state index in [0.29, 0.717) is 22.7 Å². The van der Waals surface area contributed by atoms with E-state index < -0.39 is 9.84 Å². The van der Waals surface area contributed by atoms with Crippen LogP contribution in [0.2, 0.25) is 0 Å². The molecule has 0 spiro atoms. The van der Waals surface area contributed by atoms with Crippen molar-refractivity contribution >= 4 is 39.0 Å². The summed E-state index contributed by atoms with van der Waals surface area (Å²) < 4.78 is 25.5. The molecule has 1 aliphatic rings. The predicted octanol–water partition coefficient (Wildman–Crippen LogP) is 3.85. The molecule has 2 aromatic carbocycles. The number of nitrogens with one attached hydrogen (secondary N) is 1. The second kappa shape index (κ2) is 8.39. The van der Waals surface area contributed by atoms with E-state index in [0.717, 1.165) is 16.0 Å². The number of nitrogen functional groups attached to an aromatic ring is 1. The Morgan fingerprint density at radius 3 is 2.29 bits per heavy atom. The Bertz CT molecular complexity index is 1220. The van der Waals surface area contributed by atoms with Gasteiger partial charge in [-0.3, -0.25) is 4.79 Å². The molecular formula is C22H24N4O3S2. The van der Waals surface area contributed by atoms with Crippen molar-refractivity contribution in [3.05, 3.63) is 65.2 Å². The van der Waals surface area contributed by atoms with E-state index in [-0.39, 0.29) is 29.3 Å². The maximum Gasteiger partial charge on any atom is 0.255 e. The average Bonchev–Trinajstić information content (AvgIpc) is 3.24. The summed E-state index contributed by atoms with van der Waals surface area (Å²) in [5.74, 6) is 0.0784. The highest BCUT2D eigenvalue weighted by atomic mass is 32.2. The van der Waals surface area contributed by atoms with Crippen molar-refractivity contribution in [2.45, 2.75) is 36.2 Å². The van der Waals surface area contributed by atoms with Gasteiger partial charge in [0.05, 0.1) is 17.5 Å². The number of anilines is 2. The molecule has 7 nitrogen and oxygen atoms in total. The van der Waals surface area contributed by atoms with E-state index in [1.807, 2.05) is 50.2 Å². The van der Waals surface area contributed by atoms with Gasteiger partial charge in [-0.15, -0.1) is 0 Å². The lowest BCUT2D eigenvalue weighted by Gasteiger charge is -2.11. The first kappa shape index (κ1) is 21.5. The van der Waals surface area contributed by atoms with Gasteiger partial charge in [0.15, 0.2) is 9.84 Å². The van der Waals surface area contributed by atoms with Crippen LogP contribution in [0.15, 0.2) is 58.5 Å². The minimum absolute atomic E-state index is 0.00112. The number of benzene rings is 2. The summed E-state index contributed by atoms with van der Waals surface area (Å²) in [6.45, 7) is 3.96. The number of carbonyl (C=O) groups is 1. The third-order valence-electron chi connectivity index (χ3n) is 5.26. The van der Waals surface area contributed by atoms with Crippen molar-refractivity contribution in [3.8, 4) is 0 Å². The maximum atomic E-state index is 12.9. The minimum Gasteiger partial charge on any atom is -0.382 e. The highest BCUT2D eigenvalue weighted by Crippen LogP contribution is 2.39. The lowest BCUT2D eigenvalue weighted by Crippen LogP contribution is -2.16. The maximum absolute atomic E-state index is 12.9. The topological polar surface area (TPSA) is 107 Å². The molecular weight excluding hydrogens is 432 g/mol. The molecule has 0 radical (unpaired) electrons. The standard InChI is InChI=1S/C22H24N4O3S2/c1-14-3-7-16(8-4-14)21(27)24-19-20(23)26(17-11-12-31(28,29)13-17)25-22(19)30-18-9-5-15(2)6-10-18/h3-10,17H,11-13,23H2,1-2H3,(H,24,27). The van der Waals surface area contributed by atoms with Crippen molar-refractivity contribution in [3.63, 3.8) is 0 Å². The Labute approximate surface area is 186 Å². The Kier molecular flexibility index (Phi) is 5.81. The second-order valence-electron chi connectivity index (χ2n) is 7.80. The molecule has 1 fully saturated rings. The Morgan fingerprint density at radius 1 is 1.10 bits per heavy atom. The monoisotopic (exact) mass is 456 g/mol. The smallest absolute Gasteiger partial charge is 0.255 e. The van der Waals surface area contributed by atoms with Crippen LogP contribution in [0.3, 0.4) is 0 Å². The summed E-state index contributed by atoms with van der Waals surface area (Å²) in [6, 6.07) is 14.8. The van der Waals surface area contributed by atoms with Crippen molar-refractivity contribution in [1.29, 1.82) is 0 Å². The van der Waals surface area contributed by atoms with Crippen molar-refractivity contribution in [1.82, 2.24) is 9.78 Å². The van der Waals surface area contributed by atoms with Gasteiger partial charge >= 0.3 is 0 Å². The number of nitrogens with two attached hydrogens (primary N) is 1. The molecule has 162 valence electrons. The zero-order valence-corrected chi connectivity index (χ0v) is 19.0. The van der Waals surface area contributed by atoms with Crippen LogP contribution in [0.5, 0.6) is 0 Å². The highest BCUT2D eigenvalue weighted by molar-refractivity contribution is 7.99. The second-order valence-corrected chi connectivity index (χ2v) is 11.1. The largest absolute Gasteiger partial charge is 0.382 e. The third kappa shape index (κ3) is 4.77. The fraction of sp³-hybridized carbons (Fsp3) is 0.273. The number of hydrogen-bond donors (Lipinski definition) is 2. The molecule has 1 amide bonds. The van der Waals surface area contributed by atoms with Gasteiger partial charge in [0, 0.05) is 10.5 Å². The molecule has 1 unspecified atom stereocenters. The summed E-state index contributed by atoms with van der Waals surface area (Å²) in [7, 11) is -3.11. The minimum atomic E-state index is -3.11. The third-order valence-corrected chi connectivity index (χ3v) is 7.99. The first-order chi connectivity index (χ1) is 14.7. The van der Waals surface area contributed by atoms with Crippen LogP contribution in [0.25, 0.3) is 0 Å². The molecule has 0 saturated carbocycles. The number of sulfone groups is 1. The number of rotatable bonds is 5. The van der Waals surface area contributed by atoms with E-state index in [4.69, 9.17) is 5.73 Å². The molecule has 9 heteroatoms. The SMILES string of the molecule is Cc1ccc(Sc2nn(C3CCS(=O)(=O)C3)c(N)c2NC(=O)c2ccc(C)cc2)cc1. The molecule has 1 aromatic heterocycles. The van der Waals surface area contributed by atoms with Gasteiger partial charge in [0.1, 0.15) is 16.5 Å². The summed E-state index contributed by atoms with van der Waals surface area (Å²) in [5.41, 5.74) is 9.48. The fourth-order valence-electron chi connectivity index (χ4n) is 3.47. The molecule has 0 bridgehead atoms. The van der Waals surface area contributed by atoms with E-state index in [2.05, 4.69) is 10.4 Å². The number of nitrogens with zero attached hydrogens (tertiary/aromatic N) is 2. The Hall–Kier alpha value is -2.78. The van der Waals surface area contributed by atoms with Crippen molar-refractivity contribution in [2.75, 3.05) is 22.6 Å². The molecule has 1 atom stereocenters. The van der Waals surface area contributed by atoms with Gasteiger partial charge in [0.25, 0.3) is 5.91 Å². The van der Waals surface area contributed by atoms with E-state index >= 15 is 0 Å². The Morgan fingerprint density at radius 2 is 1.71 bits per heavy atom. The predicted molar refractivity (Wildman–Crippen MR) is 123 cm³/mol. The molecule has 31 heavy (non-hydrogen) atoms. The molecule has 3 N–H and O–H groups in total. The van der Waals surface area contributed by atoms with Gasteiger partial charge in [-0.2, -0.15) is 5.10 Å². The number of aromatic nitrogens is 2. The van der Waals surface area contributed by atoms with Crippen molar-refractivity contribution in [2.24, 2.45) is 0 Å². The Balaban J connectivity index is 1.69. The summed E-state index contributed by atoms with van der Waals surface area (Å²) in [6.07, 6.45) is 0.453. The van der Waals surface area contributed by atoms with Crippen LogP contribution in [0.4, 0.5) is 11.5 Å². The number of amides is 1. The first-order valence-corrected chi connectivity index (χ1v) is 12.6. The van der Waals surface area contributed by atoms with Gasteiger partial charge < -0.3 is 11.1 Å². The van der Waals surface area contributed by atoms with Crippen LogP contribution in [0, 0.1) is 13.8 Å². The summed E-state index contributed by atoms with van der Waals surface area (Å²) in [4.78, 5) is 13.8. The van der Waals surface area contributed by atoms with Crippen LogP contribution < -0.4 is 11.1 Å². The van der Waals surface area contributed by atoms with Gasteiger partial charge in [-0.1, -0.05) is 47.2 Å². The summed E-state index contributed by atoms with van der Waals surface area (Å²) >= 11 is 1.38. The summed E-state index contributed by atoms with van der Waals surface area (Å²) in [5, 5.41) is 8.04. The number of hydrogen-bond acceptors (Lipinski definition) is 6. The van der Waals surface area contributed by atoms with E-state index in [1.54, 1.807) is 16.8 Å². The van der Waals surface area contributed by atoms with E-state index in [1.165, 1.54) is 11.8 Å². The normalized spacial score (nSPS) is 17.5. The molecule has 4 rings (SSSR count). The van der Waals surface area contributed by atoms with Gasteiger partial charge in [-0.05, 0) is 44.5 Å². The molecule has 2 heterocycles. The lowest BCUT2D eigenvalue weighted by molar-refractivity contribution is 0.102. The lowest BCUT2D eigenvalue weighted by atomic mass is 10.1.